The molecule has 1 saturated heterocycles. The van der Waals surface area contributed by atoms with Crippen molar-refractivity contribution in [2.45, 2.75) is 11.7 Å². The summed E-state index contributed by atoms with van der Waals surface area (Å²) < 4.78 is 47.2. The summed E-state index contributed by atoms with van der Waals surface area (Å²) in [6, 6.07) is 11.8. The molecule has 5 rings (SSSR count). The predicted molar refractivity (Wildman–Crippen MR) is 116 cm³/mol. The summed E-state index contributed by atoms with van der Waals surface area (Å²) in [6.45, 7) is -1.19. The second kappa shape index (κ2) is 7.56. The van der Waals surface area contributed by atoms with E-state index < -0.39 is 30.8 Å². The molecule has 33 heavy (non-hydrogen) atoms. The summed E-state index contributed by atoms with van der Waals surface area (Å²) in [7, 11) is 1.57. The second-order valence-electron chi connectivity index (χ2n) is 7.75. The first-order chi connectivity index (χ1) is 15.7. The van der Waals surface area contributed by atoms with E-state index in [9.17, 15) is 22.8 Å². The number of carbonyl (C=O) groups is 2. The molecule has 2 aromatic heterocycles. The Bertz CT molecular complexity index is 1390. The van der Waals surface area contributed by atoms with E-state index in [4.69, 9.17) is 4.74 Å². The van der Waals surface area contributed by atoms with Gasteiger partial charge in [-0.3, -0.25) is 14.0 Å². The number of hydrogen-bond acceptors (Lipinski definition) is 5. The highest BCUT2D eigenvalue weighted by molar-refractivity contribution is 7.23. The van der Waals surface area contributed by atoms with Crippen molar-refractivity contribution in [2.24, 2.45) is 0 Å². The van der Waals surface area contributed by atoms with Gasteiger partial charge in [-0.15, -0.1) is 0 Å². The highest BCUT2D eigenvalue weighted by Crippen LogP contribution is 2.37. The van der Waals surface area contributed by atoms with Crippen LogP contribution in [0.2, 0.25) is 0 Å². The number of benzene rings is 2. The van der Waals surface area contributed by atoms with E-state index in [0.29, 0.717) is 16.2 Å². The molecule has 2 amide bonds. The van der Waals surface area contributed by atoms with Crippen molar-refractivity contribution in [1.82, 2.24) is 20.0 Å². The molecule has 1 fully saturated rings. The van der Waals surface area contributed by atoms with E-state index in [1.165, 1.54) is 17.4 Å². The van der Waals surface area contributed by atoms with Crippen LogP contribution in [0.3, 0.4) is 0 Å². The van der Waals surface area contributed by atoms with Gasteiger partial charge in [0.1, 0.15) is 0 Å². The van der Waals surface area contributed by atoms with E-state index in [0.717, 1.165) is 15.8 Å². The molecule has 4 aromatic rings. The molecule has 2 N–H and O–H groups in total. The lowest BCUT2D eigenvalue weighted by atomic mass is 9.96. The maximum atomic E-state index is 13.3. The average Bonchev–Trinajstić information content (AvgIpc) is 3.32. The average molecular weight is 474 g/mol. The molecular weight excluding hydrogens is 457 g/mol. The van der Waals surface area contributed by atoms with Crippen LogP contribution in [-0.2, 0) is 4.74 Å². The van der Waals surface area contributed by atoms with Gasteiger partial charge in [0.05, 0.1) is 29.1 Å². The summed E-state index contributed by atoms with van der Waals surface area (Å²) in [5.74, 6) is -0.982. The molecule has 1 aliphatic rings. The van der Waals surface area contributed by atoms with Crippen LogP contribution in [0.1, 0.15) is 20.7 Å². The van der Waals surface area contributed by atoms with Crippen LogP contribution in [0.5, 0.6) is 0 Å². The largest absolute Gasteiger partial charge is 0.416 e. The molecule has 3 heterocycles. The number of imidazole rings is 1. The zero-order valence-electron chi connectivity index (χ0n) is 17.2. The number of carbonyl (C=O) groups excluding carboxylic acids is 2. The Morgan fingerprint density at radius 3 is 2.39 bits per heavy atom. The third kappa shape index (κ3) is 3.53. The Hall–Kier alpha value is -3.44. The Morgan fingerprint density at radius 1 is 1.09 bits per heavy atom. The van der Waals surface area contributed by atoms with Crippen LogP contribution >= 0.6 is 11.3 Å². The monoisotopic (exact) mass is 474 g/mol. The molecular formula is C22H17F3N4O3S. The number of amides is 2. The minimum Gasteiger partial charge on any atom is -0.376 e. The molecule has 0 saturated carbocycles. The lowest BCUT2D eigenvalue weighted by Gasteiger charge is -2.42. The topological polar surface area (TPSA) is 84.7 Å². The lowest BCUT2D eigenvalue weighted by molar-refractivity contribution is -0.263. The number of ether oxygens (including phenoxy) is 1. The molecule has 0 aliphatic carbocycles. The van der Waals surface area contributed by atoms with Gasteiger partial charge in [0, 0.05) is 29.9 Å². The highest BCUT2D eigenvalue weighted by Gasteiger charge is 2.61. The fourth-order valence-electron chi connectivity index (χ4n) is 3.62. The number of alkyl halides is 3. The lowest BCUT2D eigenvalue weighted by Crippen LogP contribution is -2.70. The number of thiazole rings is 1. The standard InChI is InChI=1S/C22H17F3N4O3S/c1-26-18(30)13-4-2-12(3-5-13)15-9-29-16-7-6-14(8-17(16)33-20(29)27-15)19(31)28-21(10-32-11-21)22(23,24)25/h2-9H,10-11H2,1H3,(H,26,30)(H,28,31). The molecule has 0 spiro atoms. The van der Waals surface area contributed by atoms with E-state index in [2.05, 4.69) is 15.6 Å². The van der Waals surface area contributed by atoms with Crippen molar-refractivity contribution in [3.8, 4) is 11.3 Å². The van der Waals surface area contributed by atoms with E-state index in [1.54, 1.807) is 31.3 Å². The molecule has 0 bridgehead atoms. The summed E-state index contributed by atoms with van der Waals surface area (Å²) in [6.07, 6.45) is -2.75. The van der Waals surface area contributed by atoms with Gasteiger partial charge in [-0.1, -0.05) is 23.5 Å². The van der Waals surface area contributed by atoms with Gasteiger partial charge in [0.25, 0.3) is 11.8 Å². The highest BCUT2D eigenvalue weighted by atomic mass is 32.1. The molecule has 0 radical (unpaired) electrons. The number of hydrogen-bond donors (Lipinski definition) is 2. The fourth-order valence-corrected chi connectivity index (χ4v) is 4.67. The molecule has 2 aromatic carbocycles. The number of nitrogens with one attached hydrogen (secondary N) is 2. The van der Waals surface area contributed by atoms with Crippen molar-refractivity contribution in [3.63, 3.8) is 0 Å². The van der Waals surface area contributed by atoms with Crippen molar-refractivity contribution in [3.05, 3.63) is 59.8 Å². The maximum Gasteiger partial charge on any atom is 0.416 e. The quantitative estimate of drug-likeness (QED) is 0.473. The van der Waals surface area contributed by atoms with Crippen molar-refractivity contribution in [1.29, 1.82) is 0 Å². The van der Waals surface area contributed by atoms with E-state index in [1.807, 2.05) is 22.7 Å². The minimum absolute atomic E-state index is 0.132. The Balaban J connectivity index is 1.42. The number of halogens is 3. The number of fused-ring (bicyclic) bond motifs is 3. The van der Waals surface area contributed by atoms with Gasteiger partial charge in [-0.25, -0.2) is 4.98 Å². The smallest absolute Gasteiger partial charge is 0.376 e. The first kappa shape index (κ1) is 21.4. The summed E-state index contributed by atoms with van der Waals surface area (Å²) in [5.41, 5.74) is 0.663. The molecule has 1 aliphatic heterocycles. The number of nitrogens with zero attached hydrogens (tertiary/aromatic N) is 2. The third-order valence-electron chi connectivity index (χ3n) is 5.62. The van der Waals surface area contributed by atoms with Crippen molar-refractivity contribution < 1.29 is 27.5 Å². The van der Waals surface area contributed by atoms with Crippen LogP contribution < -0.4 is 10.6 Å². The van der Waals surface area contributed by atoms with Crippen LogP contribution in [-0.4, -0.2) is 53.2 Å². The molecule has 7 nitrogen and oxygen atoms in total. The van der Waals surface area contributed by atoms with Crippen LogP contribution in [0.15, 0.2) is 48.7 Å². The van der Waals surface area contributed by atoms with Gasteiger partial charge in [-0.05, 0) is 30.3 Å². The van der Waals surface area contributed by atoms with Gasteiger partial charge >= 0.3 is 6.18 Å². The summed E-state index contributed by atoms with van der Waals surface area (Å²) in [5, 5.41) is 4.66. The zero-order chi connectivity index (χ0) is 23.4. The fraction of sp³-hybridized carbons (Fsp3) is 0.227. The van der Waals surface area contributed by atoms with E-state index in [-0.39, 0.29) is 11.5 Å². The first-order valence-corrected chi connectivity index (χ1v) is 10.7. The van der Waals surface area contributed by atoms with Crippen molar-refractivity contribution in [2.75, 3.05) is 20.3 Å². The molecule has 11 heteroatoms. The van der Waals surface area contributed by atoms with Gasteiger partial charge in [0.15, 0.2) is 10.5 Å². The first-order valence-electron chi connectivity index (χ1n) is 9.92. The van der Waals surface area contributed by atoms with Crippen LogP contribution in [0.25, 0.3) is 26.4 Å². The minimum atomic E-state index is -4.59. The van der Waals surface area contributed by atoms with Gasteiger partial charge < -0.3 is 15.4 Å². The number of aromatic nitrogens is 2. The predicted octanol–water partition coefficient (Wildman–Crippen LogP) is 3.64. The van der Waals surface area contributed by atoms with Gasteiger partial charge in [-0.2, -0.15) is 13.2 Å². The summed E-state index contributed by atoms with van der Waals surface area (Å²) in [4.78, 5) is 29.5. The third-order valence-corrected chi connectivity index (χ3v) is 6.64. The molecule has 170 valence electrons. The van der Waals surface area contributed by atoms with Crippen molar-refractivity contribution >= 4 is 38.3 Å². The maximum absolute atomic E-state index is 13.3. The van der Waals surface area contributed by atoms with Gasteiger partial charge in [0.2, 0.25) is 0 Å². The zero-order valence-corrected chi connectivity index (χ0v) is 18.0. The number of rotatable bonds is 4. The Labute approximate surface area is 189 Å². The SMILES string of the molecule is CNC(=O)c1ccc(-c2cn3c(n2)sc2cc(C(=O)NC4(C(F)(F)F)COC4)ccc23)cc1. The second-order valence-corrected chi connectivity index (χ2v) is 8.76. The van der Waals surface area contributed by atoms with Crippen LogP contribution in [0, 0.1) is 0 Å². The molecule has 0 unspecified atom stereocenters. The summed E-state index contributed by atoms with van der Waals surface area (Å²) >= 11 is 1.32. The van der Waals surface area contributed by atoms with Crippen LogP contribution in [0.4, 0.5) is 13.2 Å². The Morgan fingerprint density at radius 2 is 1.79 bits per heavy atom. The normalized spacial score (nSPS) is 15.4. The van der Waals surface area contributed by atoms with E-state index >= 15 is 0 Å². The molecule has 0 atom stereocenters. The Kier molecular flexibility index (Phi) is 4.91.